The molecule has 1 aliphatic rings. The predicted molar refractivity (Wildman–Crippen MR) is 82.1 cm³/mol. The minimum Gasteiger partial charge on any atom is -0.348 e. The molecular weight excluding hydrogens is 286 g/mol. The Morgan fingerprint density at radius 2 is 1.52 bits per heavy atom. The van der Waals surface area contributed by atoms with Gasteiger partial charge in [0.2, 0.25) is 5.91 Å². The molecule has 4 heteroatoms. The minimum atomic E-state index is -0.536. The van der Waals surface area contributed by atoms with Gasteiger partial charge in [0, 0.05) is 5.02 Å². The number of benzene rings is 2. The third kappa shape index (κ3) is 2.98. The van der Waals surface area contributed by atoms with Crippen molar-refractivity contribution in [3.8, 4) is 11.1 Å². The van der Waals surface area contributed by atoms with Crippen LogP contribution in [0, 0.1) is 5.92 Å². The quantitative estimate of drug-likeness (QED) is 0.886. The van der Waals surface area contributed by atoms with Crippen molar-refractivity contribution in [1.82, 2.24) is 5.32 Å². The van der Waals surface area contributed by atoms with Crippen LogP contribution in [0.3, 0.4) is 0 Å². The lowest BCUT2D eigenvalue weighted by Gasteiger charge is -2.07. The molecule has 21 heavy (non-hydrogen) atoms. The molecule has 1 saturated heterocycles. The molecule has 1 heterocycles. The summed E-state index contributed by atoms with van der Waals surface area (Å²) in [6.07, 6.45) is 0.464. The third-order valence-corrected chi connectivity index (χ3v) is 3.97. The smallest absolute Gasteiger partial charge is 0.231 e. The van der Waals surface area contributed by atoms with Crippen molar-refractivity contribution in [2.45, 2.75) is 6.42 Å². The summed E-state index contributed by atoms with van der Waals surface area (Å²) in [6, 6.07) is 15.5. The van der Waals surface area contributed by atoms with Crippen LogP contribution in [0.2, 0.25) is 5.02 Å². The van der Waals surface area contributed by atoms with E-state index >= 15 is 0 Å². The molecule has 1 amide bonds. The Bertz CT molecular complexity index is 661. The molecule has 0 bridgehead atoms. The van der Waals surface area contributed by atoms with Crippen molar-refractivity contribution in [2.75, 3.05) is 6.54 Å². The zero-order valence-electron chi connectivity index (χ0n) is 11.3. The molecule has 2 aromatic carbocycles. The summed E-state index contributed by atoms with van der Waals surface area (Å²) < 4.78 is 0. The van der Waals surface area contributed by atoms with Crippen molar-refractivity contribution in [2.24, 2.45) is 5.92 Å². The molecule has 0 spiro atoms. The number of ketones is 1. The molecule has 1 atom stereocenters. The number of rotatable bonds is 3. The molecule has 1 fully saturated rings. The van der Waals surface area contributed by atoms with Crippen molar-refractivity contribution in [3.05, 3.63) is 59.1 Å². The van der Waals surface area contributed by atoms with Gasteiger partial charge < -0.3 is 5.32 Å². The van der Waals surface area contributed by atoms with Crippen LogP contribution in [0.4, 0.5) is 0 Å². The van der Waals surface area contributed by atoms with E-state index in [4.69, 9.17) is 11.6 Å². The lowest BCUT2D eigenvalue weighted by atomic mass is 9.95. The Labute approximate surface area is 127 Å². The lowest BCUT2D eigenvalue weighted by molar-refractivity contribution is -0.127. The first-order chi connectivity index (χ1) is 10.1. The van der Waals surface area contributed by atoms with Crippen LogP contribution in [0.25, 0.3) is 11.1 Å². The molecule has 1 aliphatic heterocycles. The Morgan fingerprint density at radius 3 is 2.05 bits per heavy atom. The lowest BCUT2D eigenvalue weighted by Crippen LogP contribution is -2.21. The maximum absolute atomic E-state index is 11.6. The van der Waals surface area contributed by atoms with Gasteiger partial charge in [0.15, 0.2) is 5.78 Å². The Kier molecular flexibility index (Phi) is 3.76. The fourth-order valence-electron chi connectivity index (χ4n) is 2.48. The van der Waals surface area contributed by atoms with Gasteiger partial charge >= 0.3 is 0 Å². The summed E-state index contributed by atoms with van der Waals surface area (Å²) in [5.41, 5.74) is 3.15. The van der Waals surface area contributed by atoms with E-state index in [1.165, 1.54) is 0 Å². The second kappa shape index (κ2) is 5.70. The van der Waals surface area contributed by atoms with E-state index in [9.17, 15) is 9.59 Å². The first-order valence-electron chi connectivity index (χ1n) is 6.79. The molecule has 106 valence electrons. The van der Waals surface area contributed by atoms with Gasteiger partial charge in [0.1, 0.15) is 5.92 Å². The standard InChI is InChI=1S/C17H14ClNO2/c18-14-7-5-13(6-8-14)12-3-1-11(2-4-12)9-15-16(20)10-19-17(15)21/h1-8,15H,9-10H2,(H,19,21). The highest BCUT2D eigenvalue weighted by atomic mass is 35.5. The van der Waals surface area contributed by atoms with E-state index in [0.29, 0.717) is 11.4 Å². The Balaban J connectivity index is 1.76. The summed E-state index contributed by atoms with van der Waals surface area (Å²) in [7, 11) is 0. The molecule has 0 aliphatic carbocycles. The largest absolute Gasteiger partial charge is 0.348 e. The van der Waals surface area contributed by atoms with Crippen LogP contribution < -0.4 is 5.32 Å². The van der Waals surface area contributed by atoms with E-state index in [1.54, 1.807) is 0 Å². The van der Waals surface area contributed by atoms with Crippen molar-refractivity contribution < 1.29 is 9.59 Å². The van der Waals surface area contributed by atoms with Gasteiger partial charge in [-0.25, -0.2) is 0 Å². The number of carbonyl (C=O) groups is 2. The second-order valence-electron chi connectivity index (χ2n) is 5.14. The number of amides is 1. The average Bonchev–Trinajstić information content (AvgIpc) is 2.81. The van der Waals surface area contributed by atoms with E-state index in [0.717, 1.165) is 16.7 Å². The van der Waals surface area contributed by atoms with E-state index in [-0.39, 0.29) is 18.2 Å². The maximum atomic E-state index is 11.6. The van der Waals surface area contributed by atoms with Crippen molar-refractivity contribution in [1.29, 1.82) is 0 Å². The van der Waals surface area contributed by atoms with Crippen LogP contribution in [0.1, 0.15) is 5.56 Å². The zero-order chi connectivity index (χ0) is 14.8. The number of carbonyl (C=O) groups excluding carboxylic acids is 2. The molecule has 2 aromatic rings. The van der Waals surface area contributed by atoms with Crippen LogP contribution >= 0.6 is 11.6 Å². The number of hydrogen-bond donors (Lipinski definition) is 1. The molecule has 1 N–H and O–H groups in total. The predicted octanol–water partition coefficient (Wildman–Crippen LogP) is 2.86. The number of nitrogens with one attached hydrogen (secondary N) is 1. The average molecular weight is 300 g/mol. The Morgan fingerprint density at radius 1 is 0.952 bits per heavy atom. The van der Waals surface area contributed by atoms with Crippen molar-refractivity contribution >= 4 is 23.3 Å². The first-order valence-corrected chi connectivity index (χ1v) is 7.16. The van der Waals surface area contributed by atoms with E-state index in [2.05, 4.69) is 5.32 Å². The molecule has 0 saturated carbocycles. The van der Waals surface area contributed by atoms with E-state index in [1.807, 2.05) is 48.5 Å². The van der Waals surface area contributed by atoms with Gasteiger partial charge in [-0.1, -0.05) is 48.0 Å². The summed E-state index contributed by atoms with van der Waals surface area (Å²) in [5, 5.41) is 3.29. The molecule has 3 nitrogen and oxygen atoms in total. The molecule has 0 aromatic heterocycles. The minimum absolute atomic E-state index is 0.0261. The van der Waals surface area contributed by atoms with Crippen LogP contribution in [0.5, 0.6) is 0 Å². The molecule has 3 rings (SSSR count). The fraction of sp³-hybridized carbons (Fsp3) is 0.176. The number of hydrogen-bond acceptors (Lipinski definition) is 2. The first kappa shape index (κ1) is 13.8. The number of halogens is 1. The van der Waals surface area contributed by atoms with Gasteiger partial charge in [-0.2, -0.15) is 0 Å². The molecular formula is C17H14ClNO2. The molecule has 1 unspecified atom stereocenters. The summed E-state index contributed by atoms with van der Waals surface area (Å²) in [6.45, 7) is 0.159. The van der Waals surface area contributed by atoms with Crippen LogP contribution in [0.15, 0.2) is 48.5 Å². The maximum Gasteiger partial charge on any atom is 0.231 e. The monoisotopic (exact) mass is 299 g/mol. The summed E-state index contributed by atoms with van der Waals surface area (Å²) >= 11 is 5.88. The van der Waals surface area contributed by atoms with Gasteiger partial charge in [-0.3, -0.25) is 9.59 Å². The highest BCUT2D eigenvalue weighted by Gasteiger charge is 2.32. The molecule has 0 radical (unpaired) electrons. The fourth-order valence-corrected chi connectivity index (χ4v) is 2.61. The SMILES string of the molecule is O=C1CNC(=O)C1Cc1ccc(-c2ccc(Cl)cc2)cc1. The van der Waals surface area contributed by atoms with Gasteiger partial charge in [0.25, 0.3) is 0 Å². The van der Waals surface area contributed by atoms with Gasteiger partial charge in [0.05, 0.1) is 6.54 Å². The summed E-state index contributed by atoms with van der Waals surface area (Å²) in [5.74, 6) is -0.727. The highest BCUT2D eigenvalue weighted by Crippen LogP contribution is 2.23. The van der Waals surface area contributed by atoms with Gasteiger partial charge in [-0.05, 0) is 35.2 Å². The van der Waals surface area contributed by atoms with Gasteiger partial charge in [-0.15, -0.1) is 0 Å². The van der Waals surface area contributed by atoms with Crippen molar-refractivity contribution in [3.63, 3.8) is 0 Å². The topological polar surface area (TPSA) is 46.2 Å². The Hall–Kier alpha value is -2.13. The number of Topliss-reactive ketones (excluding diaryl/α,β-unsaturated/α-hetero) is 1. The zero-order valence-corrected chi connectivity index (χ0v) is 12.1. The summed E-state index contributed by atoms with van der Waals surface area (Å²) in [4.78, 5) is 23.2. The van der Waals surface area contributed by atoms with Crippen LogP contribution in [-0.2, 0) is 16.0 Å². The highest BCUT2D eigenvalue weighted by molar-refractivity contribution is 6.30. The normalized spacial score (nSPS) is 17.9. The van der Waals surface area contributed by atoms with E-state index < -0.39 is 5.92 Å². The second-order valence-corrected chi connectivity index (χ2v) is 5.58. The van der Waals surface area contributed by atoms with Crippen LogP contribution in [-0.4, -0.2) is 18.2 Å². The third-order valence-electron chi connectivity index (χ3n) is 3.71.